The Kier molecular flexibility index (Phi) is 4.50. The first-order chi connectivity index (χ1) is 8.97. The minimum Gasteiger partial charge on any atom is -0.322 e. The van der Waals surface area contributed by atoms with E-state index in [2.05, 4.69) is 21.2 Å². The molecule has 0 radical (unpaired) electrons. The van der Waals surface area contributed by atoms with E-state index in [4.69, 9.17) is 23.2 Å². The first-order valence-corrected chi connectivity index (χ1v) is 7.05. The highest BCUT2D eigenvalue weighted by atomic mass is 79.9. The number of nitrogens with one attached hydrogen (secondary N) is 1. The van der Waals surface area contributed by atoms with Gasteiger partial charge in [-0.3, -0.25) is 4.79 Å². The Hall–Kier alpha value is -1.03. The lowest BCUT2D eigenvalue weighted by Gasteiger charge is -2.08. The van der Waals surface area contributed by atoms with Crippen LogP contribution in [0.15, 0.2) is 40.9 Å². The molecule has 0 atom stereocenters. The second-order valence-electron chi connectivity index (χ2n) is 4.07. The van der Waals surface area contributed by atoms with Crippen LogP contribution < -0.4 is 5.32 Å². The first kappa shape index (κ1) is 14.4. The zero-order chi connectivity index (χ0) is 14.0. The number of carbonyl (C=O) groups excluding carboxylic acids is 1. The van der Waals surface area contributed by atoms with Gasteiger partial charge in [0, 0.05) is 10.2 Å². The summed E-state index contributed by atoms with van der Waals surface area (Å²) in [6.45, 7) is 1.92. The molecule has 0 fully saturated rings. The average molecular weight is 359 g/mol. The molecule has 0 aliphatic heterocycles. The molecule has 0 aliphatic rings. The lowest BCUT2D eigenvalue weighted by molar-refractivity contribution is 0.102. The van der Waals surface area contributed by atoms with Crippen LogP contribution in [0, 0.1) is 6.92 Å². The van der Waals surface area contributed by atoms with Gasteiger partial charge in [0.1, 0.15) is 0 Å². The molecule has 0 aliphatic carbocycles. The highest BCUT2D eigenvalue weighted by molar-refractivity contribution is 9.10. The van der Waals surface area contributed by atoms with Gasteiger partial charge in [-0.1, -0.05) is 29.3 Å². The topological polar surface area (TPSA) is 29.1 Å². The third-order valence-corrected chi connectivity index (χ3v) is 4.07. The van der Waals surface area contributed by atoms with Gasteiger partial charge in [0.2, 0.25) is 0 Å². The molecule has 1 N–H and O–H groups in total. The van der Waals surface area contributed by atoms with E-state index in [1.54, 1.807) is 30.3 Å². The van der Waals surface area contributed by atoms with Gasteiger partial charge >= 0.3 is 0 Å². The number of hydrogen-bond acceptors (Lipinski definition) is 1. The van der Waals surface area contributed by atoms with Gasteiger partial charge in [-0.2, -0.15) is 0 Å². The molecule has 1 amide bonds. The molecular weight excluding hydrogens is 349 g/mol. The summed E-state index contributed by atoms with van der Waals surface area (Å²) in [4.78, 5) is 12.1. The molecule has 2 aromatic rings. The van der Waals surface area contributed by atoms with Gasteiger partial charge in [0.25, 0.3) is 5.91 Å². The molecule has 2 aromatic carbocycles. The first-order valence-electron chi connectivity index (χ1n) is 5.50. The smallest absolute Gasteiger partial charge is 0.257 e. The van der Waals surface area contributed by atoms with Crippen molar-refractivity contribution in [2.45, 2.75) is 6.92 Å². The zero-order valence-electron chi connectivity index (χ0n) is 10.0. The monoisotopic (exact) mass is 357 g/mol. The molecule has 5 heteroatoms. The number of anilines is 1. The fraction of sp³-hybridized carbons (Fsp3) is 0.0714. The number of hydrogen-bond donors (Lipinski definition) is 1. The van der Waals surface area contributed by atoms with Gasteiger partial charge < -0.3 is 5.32 Å². The maximum Gasteiger partial charge on any atom is 0.257 e. The summed E-state index contributed by atoms with van der Waals surface area (Å²) in [6.07, 6.45) is 0. The summed E-state index contributed by atoms with van der Waals surface area (Å²) >= 11 is 15.3. The van der Waals surface area contributed by atoms with E-state index in [1.165, 1.54) is 0 Å². The van der Waals surface area contributed by atoms with Gasteiger partial charge in [0.05, 0.1) is 15.6 Å². The number of carbonyl (C=O) groups is 1. The van der Waals surface area contributed by atoms with Crippen LogP contribution in [0.4, 0.5) is 5.69 Å². The fourth-order valence-corrected chi connectivity index (χ4v) is 2.39. The Bertz CT molecular complexity index is 643. The largest absolute Gasteiger partial charge is 0.322 e. The minimum atomic E-state index is -0.251. The maximum absolute atomic E-state index is 12.1. The van der Waals surface area contributed by atoms with Crippen molar-refractivity contribution in [3.63, 3.8) is 0 Å². The van der Waals surface area contributed by atoms with Crippen LogP contribution in [0.1, 0.15) is 15.9 Å². The molecule has 0 unspecified atom stereocenters. The lowest BCUT2D eigenvalue weighted by Crippen LogP contribution is -2.12. The minimum absolute atomic E-state index is 0.251. The lowest BCUT2D eigenvalue weighted by atomic mass is 10.1. The quantitative estimate of drug-likeness (QED) is 0.773. The van der Waals surface area contributed by atoms with Crippen molar-refractivity contribution in [3.05, 3.63) is 62.0 Å². The SMILES string of the molecule is Cc1ccc(C(=O)Nc2ccc(Cl)c(Br)c2)c(Cl)c1. The van der Waals surface area contributed by atoms with Gasteiger partial charge in [-0.05, 0) is 58.7 Å². The van der Waals surface area contributed by atoms with Crippen molar-refractivity contribution >= 4 is 50.7 Å². The van der Waals surface area contributed by atoms with Crippen molar-refractivity contribution in [3.8, 4) is 0 Å². The molecular formula is C14H10BrCl2NO. The van der Waals surface area contributed by atoms with E-state index in [1.807, 2.05) is 13.0 Å². The number of amides is 1. The van der Waals surface area contributed by atoms with Crippen molar-refractivity contribution in [2.75, 3.05) is 5.32 Å². The summed E-state index contributed by atoms with van der Waals surface area (Å²) in [5.41, 5.74) is 2.10. The molecule has 0 bridgehead atoms. The predicted molar refractivity (Wildman–Crippen MR) is 83.3 cm³/mol. The maximum atomic E-state index is 12.1. The Morgan fingerprint density at radius 3 is 2.47 bits per heavy atom. The van der Waals surface area contributed by atoms with Crippen LogP contribution in [0.2, 0.25) is 10.0 Å². The molecule has 0 heterocycles. The summed E-state index contributed by atoms with van der Waals surface area (Å²) in [6, 6.07) is 10.5. The summed E-state index contributed by atoms with van der Waals surface area (Å²) < 4.78 is 0.724. The Balaban J connectivity index is 2.23. The predicted octanol–water partition coefficient (Wildman–Crippen LogP) is 5.32. The second-order valence-corrected chi connectivity index (χ2v) is 5.74. The highest BCUT2D eigenvalue weighted by Crippen LogP contribution is 2.26. The van der Waals surface area contributed by atoms with Crippen molar-refractivity contribution in [1.82, 2.24) is 0 Å². The van der Waals surface area contributed by atoms with Crippen LogP contribution in [0.3, 0.4) is 0 Å². The Labute approximate surface area is 129 Å². The molecule has 0 spiro atoms. The van der Waals surface area contributed by atoms with E-state index in [0.29, 0.717) is 21.3 Å². The molecule has 2 nitrogen and oxygen atoms in total. The number of rotatable bonds is 2. The normalized spacial score (nSPS) is 10.3. The number of aryl methyl sites for hydroxylation is 1. The van der Waals surface area contributed by atoms with Crippen molar-refractivity contribution in [1.29, 1.82) is 0 Å². The van der Waals surface area contributed by atoms with E-state index in [-0.39, 0.29) is 5.91 Å². The van der Waals surface area contributed by atoms with Crippen molar-refractivity contribution < 1.29 is 4.79 Å². The van der Waals surface area contributed by atoms with E-state index in [9.17, 15) is 4.79 Å². The van der Waals surface area contributed by atoms with Gasteiger partial charge in [-0.15, -0.1) is 0 Å². The van der Waals surface area contributed by atoms with Gasteiger partial charge in [-0.25, -0.2) is 0 Å². The summed E-state index contributed by atoms with van der Waals surface area (Å²) in [7, 11) is 0. The Morgan fingerprint density at radius 1 is 1.11 bits per heavy atom. The fourth-order valence-electron chi connectivity index (χ4n) is 1.58. The molecule has 0 saturated heterocycles. The van der Waals surface area contributed by atoms with Crippen LogP contribution >= 0.6 is 39.1 Å². The second kappa shape index (κ2) is 5.95. The van der Waals surface area contributed by atoms with Gasteiger partial charge in [0.15, 0.2) is 0 Å². The molecule has 19 heavy (non-hydrogen) atoms. The number of halogens is 3. The summed E-state index contributed by atoms with van der Waals surface area (Å²) in [5, 5.41) is 3.80. The third kappa shape index (κ3) is 3.50. The summed E-state index contributed by atoms with van der Waals surface area (Å²) in [5.74, 6) is -0.251. The Morgan fingerprint density at radius 2 is 1.84 bits per heavy atom. The van der Waals surface area contributed by atoms with Crippen LogP contribution in [-0.2, 0) is 0 Å². The van der Waals surface area contributed by atoms with Crippen LogP contribution in [-0.4, -0.2) is 5.91 Å². The number of benzene rings is 2. The van der Waals surface area contributed by atoms with Crippen LogP contribution in [0.25, 0.3) is 0 Å². The van der Waals surface area contributed by atoms with E-state index >= 15 is 0 Å². The van der Waals surface area contributed by atoms with Crippen LogP contribution in [0.5, 0.6) is 0 Å². The zero-order valence-corrected chi connectivity index (χ0v) is 13.1. The van der Waals surface area contributed by atoms with E-state index in [0.717, 1.165) is 10.0 Å². The average Bonchev–Trinajstić information content (AvgIpc) is 2.33. The molecule has 0 aromatic heterocycles. The van der Waals surface area contributed by atoms with E-state index < -0.39 is 0 Å². The third-order valence-electron chi connectivity index (χ3n) is 2.55. The molecule has 2 rings (SSSR count). The standard InChI is InChI=1S/C14H10BrCl2NO/c1-8-2-4-10(13(17)6-8)14(19)18-9-3-5-12(16)11(15)7-9/h2-7H,1H3,(H,18,19). The highest BCUT2D eigenvalue weighted by Gasteiger charge is 2.11. The molecule has 98 valence electrons. The van der Waals surface area contributed by atoms with Crippen molar-refractivity contribution in [2.24, 2.45) is 0 Å². The molecule has 0 saturated carbocycles.